The lowest BCUT2D eigenvalue weighted by molar-refractivity contribution is 0.285. The Morgan fingerprint density at radius 2 is 1.77 bits per heavy atom. The second-order valence-electron chi connectivity index (χ2n) is 4.75. The second-order valence-corrected chi connectivity index (χ2v) is 4.75. The summed E-state index contributed by atoms with van der Waals surface area (Å²) in [6.07, 6.45) is 0.599. The summed E-state index contributed by atoms with van der Waals surface area (Å²) in [5.41, 5.74) is 0.936. The van der Waals surface area contributed by atoms with Gasteiger partial charge < -0.3 is 14.2 Å². The molecule has 0 aliphatic heterocycles. The molecule has 0 radical (unpaired) electrons. The van der Waals surface area contributed by atoms with E-state index in [0.717, 1.165) is 11.3 Å². The molecule has 2 aromatic rings. The Hall–Kier alpha value is -2.67. The van der Waals surface area contributed by atoms with Crippen LogP contribution in [-0.2, 0) is 0 Å². The van der Waals surface area contributed by atoms with Crippen molar-refractivity contribution in [2.45, 2.75) is 12.3 Å². The third-order valence-corrected chi connectivity index (χ3v) is 3.39. The highest BCUT2D eigenvalue weighted by atomic mass is 16.5. The van der Waals surface area contributed by atoms with Gasteiger partial charge in [0.25, 0.3) is 0 Å². The minimum absolute atomic E-state index is 0.232. The number of methoxy groups -OCH3 is 2. The lowest BCUT2D eigenvalue weighted by Gasteiger charge is -2.13. The molecule has 2 aromatic carbocycles. The molecule has 0 aliphatic rings. The molecule has 1 unspecified atom stereocenters. The van der Waals surface area contributed by atoms with E-state index in [1.807, 2.05) is 48.5 Å². The van der Waals surface area contributed by atoms with Crippen molar-refractivity contribution in [3.8, 4) is 23.3 Å². The smallest absolute Gasteiger partial charge is 0.161 e. The van der Waals surface area contributed by atoms with Crippen molar-refractivity contribution >= 4 is 0 Å². The minimum Gasteiger partial charge on any atom is -0.497 e. The highest BCUT2D eigenvalue weighted by molar-refractivity contribution is 5.39. The zero-order valence-electron chi connectivity index (χ0n) is 12.8. The number of hydrogen-bond donors (Lipinski definition) is 0. The summed E-state index contributed by atoms with van der Waals surface area (Å²) in [4.78, 5) is 0. The molecule has 2 rings (SSSR count). The summed E-state index contributed by atoms with van der Waals surface area (Å²) in [6.45, 7) is 0.440. The minimum atomic E-state index is -0.232. The van der Waals surface area contributed by atoms with Gasteiger partial charge in [0.1, 0.15) is 5.75 Å². The average molecular weight is 297 g/mol. The standard InChI is InChI=1S/C18H19NO3/c1-20-16-7-5-6-14(12-16)15(13-19)10-11-22-18-9-4-3-8-17(18)21-2/h3-9,12,15H,10-11H2,1-2H3. The van der Waals surface area contributed by atoms with Gasteiger partial charge in [0.2, 0.25) is 0 Å². The Labute approximate surface area is 130 Å². The fourth-order valence-corrected chi connectivity index (χ4v) is 2.19. The number of ether oxygens (including phenoxy) is 3. The summed E-state index contributed by atoms with van der Waals surface area (Å²) in [5, 5.41) is 9.37. The fraction of sp³-hybridized carbons (Fsp3) is 0.278. The van der Waals surface area contributed by atoms with E-state index >= 15 is 0 Å². The van der Waals surface area contributed by atoms with Gasteiger partial charge in [0.05, 0.1) is 32.8 Å². The molecule has 0 fully saturated rings. The molecule has 0 aromatic heterocycles. The SMILES string of the molecule is COc1cccc(C(C#N)CCOc2ccccc2OC)c1. The van der Waals surface area contributed by atoms with Crippen LogP contribution in [-0.4, -0.2) is 20.8 Å². The lowest BCUT2D eigenvalue weighted by atomic mass is 9.97. The van der Waals surface area contributed by atoms with Crippen molar-refractivity contribution in [3.63, 3.8) is 0 Å². The van der Waals surface area contributed by atoms with Crippen molar-refractivity contribution in [2.24, 2.45) is 0 Å². The van der Waals surface area contributed by atoms with Crippen molar-refractivity contribution in [3.05, 3.63) is 54.1 Å². The molecular weight excluding hydrogens is 278 g/mol. The molecule has 0 heterocycles. The third kappa shape index (κ3) is 3.92. The predicted octanol–water partition coefficient (Wildman–Crippen LogP) is 3.78. The van der Waals surface area contributed by atoms with Gasteiger partial charge in [-0.25, -0.2) is 0 Å². The van der Waals surface area contributed by atoms with Crippen LogP contribution < -0.4 is 14.2 Å². The molecule has 0 saturated heterocycles. The Balaban J connectivity index is 1.98. The van der Waals surface area contributed by atoms with E-state index in [1.165, 1.54) is 0 Å². The molecule has 0 N–H and O–H groups in total. The van der Waals surface area contributed by atoms with Gasteiger partial charge in [-0.05, 0) is 29.8 Å². The first-order valence-electron chi connectivity index (χ1n) is 7.08. The van der Waals surface area contributed by atoms with Crippen molar-refractivity contribution in [1.29, 1.82) is 5.26 Å². The summed E-state index contributed by atoms with van der Waals surface area (Å²) < 4.78 is 16.2. The van der Waals surface area contributed by atoms with Crippen molar-refractivity contribution in [1.82, 2.24) is 0 Å². The number of nitriles is 1. The molecule has 0 amide bonds. The molecule has 0 aliphatic carbocycles. The van der Waals surface area contributed by atoms with Crippen LogP contribution in [0.15, 0.2) is 48.5 Å². The quantitative estimate of drug-likeness (QED) is 0.780. The van der Waals surface area contributed by atoms with Crippen LogP contribution >= 0.6 is 0 Å². The van der Waals surface area contributed by atoms with E-state index in [0.29, 0.717) is 24.5 Å². The topological polar surface area (TPSA) is 51.5 Å². The van der Waals surface area contributed by atoms with Crippen LogP contribution in [0.4, 0.5) is 0 Å². The van der Waals surface area contributed by atoms with E-state index in [-0.39, 0.29) is 5.92 Å². The monoisotopic (exact) mass is 297 g/mol. The molecule has 22 heavy (non-hydrogen) atoms. The van der Waals surface area contributed by atoms with Crippen LogP contribution in [0.2, 0.25) is 0 Å². The van der Waals surface area contributed by atoms with Crippen LogP contribution in [0, 0.1) is 11.3 Å². The molecular formula is C18H19NO3. The van der Waals surface area contributed by atoms with Crippen LogP contribution in [0.5, 0.6) is 17.2 Å². The number of rotatable bonds is 7. The molecule has 1 atom stereocenters. The highest BCUT2D eigenvalue weighted by Gasteiger charge is 2.12. The highest BCUT2D eigenvalue weighted by Crippen LogP contribution is 2.27. The summed E-state index contributed by atoms with van der Waals surface area (Å²) >= 11 is 0. The van der Waals surface area contributed by atoms with E-state index in [9.17, 15) is 5.26 Å². The number of nitrogens with zero attached hydrogens (tertiary/aromatic N) is 1. The van der Waals surface area contributed by atoms with Gasteiger partial charge in [0.15, 0.2) is 11.5 Å². The first-order valence-corrected chi connectivity index (χ1v) is 7.08. The maximum atomic E-state index is 9.37. The molecule has 4 nitrogen and oxygen atoms in total. The van der Waals surface area contributed by atoms with E-state index in [4.69, 9.17) is 14.2 Å². The zero-order chi connectivity index (χ0) is 15.8. The van der Waals surface area contributed by atoms with Crippen LogP contribution in [0.25, 0.3) is 0 Å². The van der Waals surface area contributed by atoms with Gasteiger partial charge in [-0.15, -0.1) is 0 Å². The Morgan fingerprint density at radius 1 is 1.00 bits per heavy atom. The maximum absolute atomic E-state index is 9.37. The first-order chi connectivity index (χ1) is 10.8. The summed E-state index contributed by atoms with van der Waals surface area (Å²) in [5.74, 6) is 1.90. The second kappa shape index (κ2) is 7.94. The van der Waals surface area contributed by atoms with Crippen LogP contribution in [0.1, 0.15) is 17.9 Å². The fourth-order valence-electron chi connectivity index (χ4n) is 2.19. The van der Waals surface area contributed by atoms with Crippen molar-refractivity contribution < 1.29 is 14.2 Å². The van der Waals surface area contributed by atoms with Crippen LogP contribution in [0.3, 0.4) is 0 Å². The number of benzene rings is 2. The normalized spacial score (nSPS) is 11.3. The van der Waals surface area contributed by atoms with E-state index < -0.39 is 0 Å². The molecule has 0 bridgehead atoms. The Kier molecular flexibility index (Phi) is 5.67. The van der Waals surface area contributed by atoms with Crippen molar-refractivity contribution in [2.75, 3.05) is 20.8 Å². The average Bonchev–Trinajstić information content (AvgIpc) is 2.59. The van der Waals surface area contributed by atoms with Gasteiger partial charge in [0, 0.05) is 6.42 Å². The van der Waals surface area contributed by atoms with Gasteiger partial charge in [-0.3, -0.25) is 0 Å². The van der Waals surface area contributed by atoms with Gasteiger partial charge in [-0.1, -0.05) is 24.3 Å². The molecule has 0 saturated carbocycles. The van der Waals surface area contributed by atoms with E-state index in [1.54, 1.807) is 14.2 Å². The lowest BCUT2D eigenvalue weighted by Crippen LogP contribution is -2.05. The van der Waals surface area contributed by atoms with Gasteiger partial charge in [-0.2, -0.15) is 5.26 Å². The first kappa shape index (κ1) is 15.7. The largest absolute Gasteiger partial charge is 0.497 e. The number of hydrogen-bond acceptors (Lipinski definition) is 4. The molecule has 0 spiro atoms. The molecule has 4 heteroatoms. The third-order valence-electron chi connectivity index (χ3n) is 3.39. The summed E-state index contributed by atoms with van der Waals surface area (Å²) in [6, 6.07) is 17.4. The maximum Gasteiger partial charge on any atom is 0.161 e. The zero-order valence-corrected chi connectivity index (χ0v) is 12.8. The number of para-hydroxylation sites is 2. The van der Waals surface area contributed by atoms with E-state index in [2.05, 4.69) is 6.07 Å². The predicted molar refractivity (Wildman–Crippen MR) is 84.5 cm³/mol. The Bertz CT molecular complexity index is 649. The molecule has 114 valence electrons. The summed E-state index contributed by atoms with van der Waals surface area (Å²) in [7, 11) is 3.22. The van der Waals surface area contributed by atoms with Gasteiger partial charge >= 0.3 is 0 Å². The Morgan fingerprint density at radius 3 is 2.45 bits per heavy atom.